The molecule has 2 aromatic carbocycles. The number of nitrogens with zero attached hydrogens (tertiary/aromatic N) is 1. The van der Waals surface area contributed by atoms with Crippen LogP contribution in [-0.2, 0) is 11.3 Å². The van der Waals surface area contributed by atoms with E-state index in [9.17, 15) is 18.0 Å². The normalized spacial score (nSPS) is 12.2. The summed E-state index contributed by atoms with van der Waals surface area (Å²) in [6, 6.07) is 7.43. The molecule has 0 radical (unpaired) electrons. The Morgan fingerprint density at radius 1 is 1.28 bits per heavy atom. The number of hydrogen-bond donors (Lipinski definition) is 3. The SMILES string of the molecule is C=CC(=O)NCc1cc(-c2ccc(OC(F)(F)F)cc2)c(C)c(N(C)/C=C(\C)CC)c1/C(C=N)=C/N. The second kappa shape index (κ2) is 12.1. The van der Waals surface area contributed by atoms with Crippen LogP contribution in [0.15, 0.2) is 61.0 Å². The number of alkyl halides is 3. The van der Waals surface area contributed by atoms with E-state index in [0.29, 0.717) is 22.3 Å². The largest absolute Gasteiger partial charge is 0.573 e. The molecule has 6 nitrogen and oxygen atoms in total. The van der Waals surface area contributed by atoms with Crippen molar-refractivity contribution in [2.45, 2.75) is 40.1 Å². The third-order valence-corrected chi connectivity index (χ3v) is 5.62. The summed E-state index contributed by atoms with van der Waals surface area (Å²) in [7, 11) is 1.87. The summed E-state index contributed by atoms with van der Waals surface area (Å²) in [5, 5.41) is 10.7. The highest BCUT2D eigenvalue weighted by Gasteiger charge is 2.31. The van der Waals surface area contributed by atoms with Gasteiger partial charge >= 0.3 is 6.36 Å². The Labute approximate surface area is 209 Å². The zero-order valence-electron chi connectivity index (χ0n) is 20.8. The number of anilines is 1. The summed E-state index contributed by atoms with van der Waals surface area (Å²) >= 11 is 0. The third kappa shape index (κ3) is 7.00. The van der Waals surface area contributed by atoms with Crippen LogP contribution < -0.4 is 20.7 Å². The first-order chi connectivity index (χ1) is 16.9. The number of amides is 1. The topological polar surface area (TPSA) is 91.4 Å². The first kappa shape index (κ1) is 28.2. The van der Waals surface area contributed by atoms with Gasteiger partial charge < -0.3 is 26.1 Å². The molecule has 0 aliphatic heterocycles. The first-order valence-corrected chi connectivity index (χ1v) is 11.2. The van der Waals surface area contributed by atoms with Gasteiger partial charge in [-0.2, -0.15) is 0 Å². The molecule has 1 amide bonds. The Morgan fingerprint density at radius 2 is 1.92 bits per heavy atom. The van der Waals surface area contributed by atoms with Crippen molar-refractivity contribution in [3.05, 3.63) is 77.7 Å². The molecule has 0 saturated carbocycles. The highest BCUT2D eigenvalue weighted by atomic mass is 19.4. The van der Waals surface area contributed by atoms with Crippen LogP contribution in [0.5, 0.6) is 5.75 Å². The van der Waals surface area contributed by atoms with Crippen LogP contribution in [0.2, 0.25) is 0 Å². The van der Waals surface area contributed by atoms with Crippen molar-refractivity contribution in [2.24, 2.45) is 5.73 Å². The van der Waals surface area contributed by atoms with Crippen LogP contribution in [-0.4, -0.2) is 25.5 Å². The summed E-state index contributed by atoms with van der Waals surface area (Å²) in [5.74, 6) is -0.698. The van der Waals surface area contributed by atoms with Gasteiger partial charge in [-0.25, -0.2) is 0 Å². The van der Waals surface area contributed by atoms with Crippen molar-refractivity contribution in [3.63, 3.8) is 0 Å². The number of ether oxygens (including phenoxy) is 1. The van der Waals surface area contributed by atoms with E-state index in [1.807, 2.05) is 45.0 Å². The average molecular weight is 501 g/mol. The predicted molar refractivity (Wildman–Crippen MR) is 139 cm³/mol. The van der Waals surface area contributed by atoms with E-state index in [2.05, 4.69) is 16.6 Å². The molecule has 0 atom stereocenters. The van der Waals surface area contributed by atoms with E-state index in [1.165, 1.54) is 18.3 Å². The van der Waals surface area contributed by atoms with E-state index >= 15 is 0 Å². The highest BCUT2D eigenvalue weighted by molar-refractivity contribution is 6.12. The summed E-state index contributed by atoms with van der Waals surface area (Å²) in [6.45, 7) is 9.52. The molecule has 0 aliphatic rings. The lowest BCUT2D eigenvalue weighted by Gasteiger charge is -2.27. The second-order valence-corrected chi connectivity index (χ2v) is 8.13. The lowest BCUT2D eigenvalue weighted by molar-refractivity contribution is -0.274. The molecule has 36 heavy (non-hydrogen) atoms. The lowest BCUT2D eigenvalue weighted by Crippen LogP contribution is -2.22. The van der Waals surface area contributed by atoms with Gasteiger partial charge in [-0.3, -0.25) is 4.79 Å². The summed E-state index contributed by atoms with van der Waals surface area (Å²) < 4.78 is 41.8. The number of nitrogens with one attached hydrogen (secondary N) is 2. The van der Waals surface area contributed by atoms with Gasteiger partial charge in [-0.1, -0.05) is 31.2 Å². The fourth-order valence-electron chi connectivity index (χ4n) is 3.80. The third-order valence-electron chi connectivity index (χ3n) is 5.62. The maximum Gasteiger partial charge on any atom is 0.573 e. The zero-order chi connectivity index (χ0) is 27.0. The highest BCUT2D eigenvalue weighted by Crippen LogP contribution is 2.40. The molecule has 9 heteroatoms. The molecule has 2 aromatic rings. The van der Waals surface area contributed by atoms with Gasteiger partial charge in [0.15, 0.2) is 0 Å². The molecule has 0 spiro atoms. The van der Waals surface area contributed by atoms with Gasteiger partial charge in [-0.15, -0.1) is 13.2 Å². The van der Waals surface area contributed by atoms with E-state index in [0.717, 1.165) is 41.1 Å². The lowest BCUT2D eigenvalue weighted by atomic mass is 9.88. The molecule has 0 bridgehead atoms. The summed E-state index contributed by atoms with van der Waals surface area (Å²) in [5.41, 5.74) is 11.7. The molecular weight excluding hydrogens is 469 g/mol. The van der Waals surface area contributed by atoms with Gasteiger partial charge in [0.1, 0.15) is 5.75 Å². The fraction of sp³-hybridized carbons (Fsp3) is 0.259. The Kier molecular flexibility index (Phi) is 9.49. The van der Waals surface area contributed by atoms with E-state index in [4.69, 9.17) is 11.1 Å². The van der Waals surface area contributed by atoms with Crippen molar-refractivity contribution in [2.75, 3.05) is 11.9 Å². The van der Waals surface area contributed by atoms with E-state index < -0.39 is 6.36 Å². The number of rotatable bonds is 10. The van der Waals surface area contributed by atoms with Gasteiger partial charge in [0.25, 0.3) is 0 Å². The molecule has 0 aliphatic carbocycles. The number of carbonyl (C=O) groups excluding carboxylic acids is 1. The Morgan fingerprint density at radius 3 is 2.42 bits per heavy atom. The quantitative estimate of drug-likeness (QED) is 0.273. The van der Waals surface area contributed by atoms with Crippen molar-refractivity contribution >= 4 is 23.4 Å². The standard InChI is InChI=1S/C27H31F3N4O2/c1-6-17(3)16-34(5)26-18(4)23(19-8-10-22(11-9-19)36-27(28,29)30)12-20(15-33-24(35)7-2)25(26)21(13-31)14-32/h7-14,16,31H,2,6,15,32H2,1,3-5H3,(H,33,35)/b17-16+,21-14+,31-13?. The smallest absolute Gasteiger partial charge is 0.406 e. The maximum absolute atomic E-state index is 12.6. The fourth-order valence-corrected chi connectivity index (χ4v) is 3.80. The van der Waals surface area contributed by atoms with Crippen LogP contribution >= 0.6 is 0 Å². The van der Waals surface area contributed by atoms with Crippen LogP contribution in [0.4, 0.5) is 18.9 Å². The molecule has 192 valence electrons. The van der Waals surface area contributed by atoms with Crippen molar-refractivity contribution < 1.29 is 22.7 Å². The van der Waals surface area contributed by atoms with Crippen LogP contribution in [0, 0.1) is 12.3 Å². The Hall–Kier alpha value is -4.01. The Balaban J connectivity index is 2.83. The van der Waals surface area contributed by atoms with Gasteiger partial charge in [0.2, 0.25) is 5.91 Å². The predicted octanol–water partition coefficient (Wildman–Crippen LogP) is 6.06. The maximum atomic E-state index is 12.6. The van der Waals surface area contributed by atoms with Gasteiger partial charge in [0.05, 0.1) is 5.69 Å². The molecule has 2 rings (SSSR count). The van der Waals surface area contributed by atoms with E-state index in [-0.39, 0.29) is 18.2 Å². The second-order valence-electron chi connectivity index (χ2n) is 8.13. The van der Waals surface area contributed by atoms with Crippen molar-refractivity contribution in [1.29, 1.82) is 5.41 Å². The summed E-state index contributed by atoms with van der Waals surface area (Å²) in [4.78, 5) is 13.9. The molecular formula is C27H31F3N4O2. The first-order valence-electron chi connectivity index (χ1n) is 11.2. The summed E-state index contributed by atoms with van der Waals surface area (Å²) in [6.07, 6.45) is 1.64. The number of carbonyl (C=O) groups is 1. The van der Waals surface area contributed by atoms with Crippen molar-refractivity contribution in [3.8, 4) is 16.9 Å². The van der Waals surface area contributed by atoms with Crippen LogP contribution in [0.3, 0.4) is 0 Å². The zero-order valence-corrected chi connectivity index (χ0v) is 20.8. The van der Waals surface area contributed by atoms with Gasteiger partial charge in [0, 0.05) is 43.3 Å². The van der Waals surface area contributed by atoms with Crippen LogP contribution in [0.25, 0.3) is 16.7 Å². The minimum Gasteiger partial charge on any atom is -0.406 e. The number of nitrogens with two attached hydrogens (primary N) is 1. The number of allylic oxidation sites excluding steroid dienone is 2. The number of halogens is 3. The molecule has 4 N–H and O–H groups in total. The molecule has 0 saturated heterocycles. The van der Waals surface area contributed by atoms with Gasteiger partial charge in [-0.05, 0) is 66.8 Å². The van der Waals surface area contributed by atoms with E-state index in [1.54, 1.807) is 12.1 Å². The molecule has 0 aromatic heterocycles. The van der Waals surface area contributed by atoms with Crippen LogP contribution in [0.1, 0.15) is 37.0 Å². The minimum absolute atomic E-state index is 0.116. The monoisotopic (exact) mass is 500 g/mol. The number of hydrogen-bond acceptors (Lipinski definition) is 5. The number of benzene rings is 2. The molecule has 0 heterocycles. The Bertz CT molecular complexity index is 1180. The molecule has 0 fully saturated rings. The molecule has 0 unspecified atom stereocenters. The average Bonchev–Trinajstić information content (AvgIpc) is 2.83. The van der Waals surface area contributed by atoms with Crippen molar-refractivity contribution in [1.82, 2.24) is 5.32 Å². The minimum atomic E-state index is -4.79.